The third-order valence-corrected chi connectivity index (χ3v) is 7.51. The number of nitrogens with one attached hydrogen (secondary N) is 2. The smallest absolute Gasteiger partial charge is 0.291 e. The Balaban J connectivity index is 1.65. The summed E-state index contributed by atoms with van der Waals surface area (Å²) in [6, 6.07) is 13.1. The van der Waals surface area contributed by atoms with Crippen LogP contribution in [0.5, 0.6) is 0 Å². The molecule has 2 N–H and O–H groups in total. The zero-order valence-electron chi connectivity index (χ0n) is 19.0. The molecule has 6 heteroatoms. The van der Waals surface area contributed by atoms with Crippen molar-refractivity contribution in [2.45, 2.75) is 53.0 Å². The van der Waals surface area contributed by atoms with Gasteiger partial charge in [-0.05, 0) is 60.8 Å². The van der Waals surface area contributed by atoms with Crippen LogP contribution in [0.2, 0.25) is 0 Å². The van der Waals surface area contributed by atoms with Crippen LogP contribution in [0.25, 0.3) is 0 Å². The normalized spacial score (nSPS) is 16.8. The van der Waals surface area contributed by atoms with Crippen LogP contribution in [0.4, 0.5) is 5.00 Å². The van der Waals surface area contributed by atoms with E-state index in [2.05, 4.69) is 31.4 Å². The summed E-state index contributed by atoms with van der Waals surface area (Å²) in [6.07, 6.45) is 4.27. The van der Waals surface area contributed by atoms with Gasteiger partial charge in [0.2, 0.25) is 0 Å². The quantitative estimate of drug-likeness (QED) is 0.484. The molecule has 0 unspecified atom stereocenters. The molecule has 0 radical (unpaired) electrons. The molecule has 32 heavy (non-hydrogen) atoms. The van der Waals surface area contributed by atoms with Crippen LogP contribution >= 0.6 is 11.3 Å². The molecule has 4 rings (SSSR count). The van der Waals surface area contributed by atoms with E-state index in [1.807, 2.05) is 37.3 Å². The maximum Gasteiger partial charge on any atom is 0.291 e. The fourth-order valence-electron chi connectivity index (χ4n) is 4.32. The summed E-state index contributed by atoms with van der Waals surface area (Å²) in [7, 11) is 0. The van der Waals surface area contributed by atoms with Gasteiger partial charge in [0.05, 0.1) is 17.9 Å². The second-order valence-electron chi connectivity index (χ2n) is 9.55. The molecule has 0 bridgehead atoms. The summed E-state index contributed by atoms with van der Waals surface area (Å²) in [4.78, 5) is 27.3. The maximum atomic E-state index is 13.4. The number of fused-ring (bicyclic) bond motifs is 1. The van der Waals surface area contributed by atoms with Crippen LogP contribution in [-0.2, 0) is 12.8 Å². The van der Waals surface area contributed by atoms with Crippen molar-refractivity contribution in [3.05, 3.63) is 76.1 Å². The van der Waals surface area contributed by atoms with E-state index in [4.69, 9.17) is 4.42 Å². The second kappa shape index (κ2) is 8.94. The van der Waals surface area contributed by atoms with Gasteiger partial charge in [0, 0.05) is 4.88 Å². The molecule has 1 aliphatic rings. The van der Waals surface area contributed by atoms with E-state index < -0.39 is 0 Å². The van der Waals surface area contributed by atoms with E-state index in [-0.39, 0.29) is 29.0 Å². The van der Waals surface area contributed by atoms with E-state index in [0.29, 0.717) is 16.5 Å². The Bertz CT molecular complexity index is 1090. The average Bonchev–Trinajstić information content (AvgIpc) is 3.41. The van der Waals surface area contributed by atoms with Crippen molar-refractivity contribution < 1.29 is 14.0 Å². The first-order valence-corrected chi connectivity index (χ1v) is 11.9. The third-order valence-electron chi connectivity index (χ3n) is 6.34. The predicted octanol–water partition coefficient (Wildman–Crippen LogP) is 6.24. The third kappa shape index (κ3) is 4.65. The predicted molar refractivity (Wildman–Crippen MR) is 128 cm³/mol. The van der Waals surface area contributed by atoms with E-state index in [1.165, 1.54) is 22.5 Å². The van der Waals surface area contributed by atoms with Gasteiger partial charge in [-0.2, -0.15) is 0 Å². The standard InChI is InChI=1S/C26H30N2O3S/c1-16(17-9-6-5-7-10-17)27-24(30)22-19-13-12-18(26(2,3)4)15-21(19)32-25(22)28-23(29)20-11-8-14-31-20/h5-11,14,16,18H,12-13,15H2,1-4H3,(H,27,30)(H,28,29)/t16-,18+/m0/s1. The van der Waals surface area contributed by atoms with Crippen LogP contribution in [-0.4, -0.2) is 11.8 Å². The summed E-state index contributed by atoms with van der Waals surface area (Å²) >= 11 is 1.52. The van der Waals surface area contributed by atoms with Gasteiger partial charge in [0.15, 0.2) is 5.76 Å². The van der Waals surface area contributed by atoms with Crippen molar-refractivity contribution in [3.63, 3.8) is 0 Å². The monoisotopic (exact) mass is 450 g/mol. The highest BCUT2D eigenvalue weighted by Gasteiger charge is 2.34. The number of amides is 2. The van der Waals surface area contributed by atoms with E-state index in [1.54, 1.807) is 12.1 Å². The van der Waals surface area contributed by atoms with Crippen molar-refractivity contribution in [1.82, 2.24) is 5.32 Å². The van der Waals surface area contributed by atoms with Gasteiger partial charge in [0.25, 0.3) is 11.8 Å². The lowest BCUT2D eigenvalue weighted by molar-refractivity contribution is 0.0939. The molecule has 0 aliphatic heterocycles. The molecule has 2 amide bonds. The molecule has 1 aromatic carbocycles. The first-order chi connectivity index (χ1) is 15.2. The molecule has 0 saturated carbocycles. The fraction of sp³-hybridized carbons (Fsp3) is 0.385. The molecule has 168 valence electrons. The summed E-state index contributed by atoms with van der Waals surface area (Å²) in [6.45, 7) is 8.78. The number of furan rings is 1. The van der Waals surface area contributed by atoms with Gasteiger partial charge in [-0.3, -0.25) is 9.59 Å². The van der Waals surface area contributed by atoms with E-state index >= 15 is 0 Å². The summed E-state index contributed by atoms with van der Waals surface area (Å²) in [5.74, 6) is 0.281. The molecule has 0 fully saturated rings. The number of carbonyl (C=O) groups excluding carboxylic acids is 2. The van der Waals surface area contributed by atoms with E-state index in [0.717, 1.165) is 30.4 Å². The maximum absolute atomic E-state index is 13.4. The van der Waals surface area contributed by atoms with E-state index in [9.17, 15) is 9.59 Å². The zero-order valence-corrected chi connectivity index (χ0v) is 19.8. The topological polar surface area (TPSA) is 71.3 Å². The number of thiophene rings is 1. The molecule has 3 aromatic rings. The van der Waals surface area contributed by atoms with Crippen molar-refractivity contribution in [2.75, 3.05) is 5.32 Å². The molecule has 5 nitrogen and oxygen atoms in total. The number of hydrogen-bond acceptors (Lipinski definition) is 4. The number of hydrogen-bond donors (Lipinski definition) is 2. The minimum absolute atomic E-state index is 0.140. The number of anilines is 1. The highest BCUT2D eigenvalue weighted by molar-refractivity contribution is 7.17. The van der Waals surface area contributed by atoms with Crippen molar-refractivity contribution in [1.29, 1.82) is 0 Å². The van der Waals surface area contributed by atoms with Gasteiger partial charge in [-0.15, -0.1) is 11.3 Å². The van der Waals surface area contributed by atoms with Crippen molar-refractivity contribution in [3.8, 4) is 0 Å². The number of benzene rings is 1. The molecular formula is C26H30N2O3S. The van der Waals surface area contributed by atoms with Crippen LogP contribution in [0.15, 0.2) is 53.1 Å². The van der Waals surface area contributed by atoms with Crippen LogP contribution in [0.1, 0.15) is 77.1 Å². The van der Waals surface area contributed by atoms with Gasteiger partial charge < -0.3 is 15.1 Å². The lowest BCUT2D eigenvalue weighted by Gasteiger charge is -2.34. The Kier molecular flexibility index (Phi) is 6.24. The Hall–Kier alpha value is -2.86. The van der Waals surface area contributed by atoms with Gasteiger partial charge >= 0.3 is 0 Å². The molecule has 0 spiro atoms. The first-order valence-electron chi connectivity index (χ1n) is 11.1. The lowest BCUT2D eigenvalue weighted by Crippen LogP contribution is -2.30. The minimum atomic E-state index is -0.342. The Labute approximate surface area is 193 Å². The molecule has 2 atom stereocenters. The van der Waals surface area contributed by atoms with Gasteiger partial charge in [-0.25, -0.2) is 0 Å². The number of rotatable bonds is 5. The minimum Gasteiger partial charge on any atom is -0.459 e. The summed E-state index contributed by atoms with van der Waals surface area (Å²) in [5.41, 5.74) is 2.91. The van der Waals surface area contributed by atoms with Crippen molar-refractivity contribution in [2.24, 2.45) is 11.3 Å². The average molecular weight is 451 g/mol. The number of carbonyl (C=O) groups is 2. The molecular weight excluding hydrogens is 420 g/mol. The Morgan fingerprint density at radius 1 is 1.09 bits per heavy atom. The summed E-state index contributed by atoms with van der Waals surface area (Å²) in [5, 5.41) is 6.67. The van der Waals surface area contributed by atoms with Crippen LogP contribution in [0, 0.1) is 11.3 Å². The fourth-order valence-corrected chi connectivity index (χ4v) is 5.64. The summed E-state index contributed by atoms with van der Waals surface area (Å²) < 4.78 is 5.25. The Morgan fingerprint density at radius 3 is 2.50 bits per heavy atom. The molecule has 0 saturated heterocycles. The molecule has 1 aliphatic carbocycles. The highest BCUT2D eigenvalue weighted by atomic mass is 32.1. The van der Waals surface area contributed by atoms with Gasteiger partial charge in [0.1, 0.15) is 5.00 Å². The lowest BCUT2D eigenvalue weighted by atomic mass is 9.72. The molecule has 2 heterocycles. The second-order valence-corrected chi connectivity index (χ2v) is 10.7. The SMILES string of the molecule is C[C@H](NC(=O)c1c(NC(=O)c2ccco2)sc2c1CC[C@@H](C(C)(C)C)C2)c1ccccc1. The van der Waals surface area contributed by atoms with Gasteiger partial charge in [-0.1, -0.05) is 51.1 Å². The largest absolute Gasteiger partial charge is 0.459 e. The first kappa shape index (κ1) is 22.3. The zero-order chi connectivity index (χ0) is 22.9. The molecule has 2 aromatic heterocycles. The van der Waals surface area contributed by atoms with Crippen molar-refractivity contribution >= 4 is 28.2 Å². The van der Waals surface area contributed by atoms with Crippen LogP contribution < -0.4 is 10.6 Å². The van der Waals surface area contributed by atoms with Crippen LogP contribution in [0.3, 0.4) is 0 Å². The highest BCUT2D eigenvalue weighted by Crippen LogP contribution is 2.44. The Morgan fingerprint density at radius 2 is 1.84 bits per heavy atom.